The van der Waals surface area contributed by atoms with Gasteiger partial charge in [-0.15, -0.1) is 11.3 Å². The highest BCUT2D eigenvalue weighted by Crippen LogP contribution is 2.28. The molecule has 1 aliphatic heterocycles. The lowest BCUT2D eigenvalue weighted by Crippen LogP contribution is -2.47. The van der Waals surface area contributed by atoms with Crippen LogP contribution >= 0.6 is 11.3 Å². The second-order valence-electron chi connectivity index (χ2n) is 6.74. The van der Waals surface area contributed by atoms with Crippen LogP contribution in [0.5, 0.6) is 0 Å². The van der Waals surface area contributed by atoms with E-state index in [1.807, 2.05) is 30.7 Å². The molecule has 3 rings (SSSR count). The van der Waals surface area contributed by atoms with Gasteiger partial charge in [0.1, 0.15) is 4.21 Å². The number of nitrogens with one attached hydrogen (secondary N) is 1. The number of aromatic nitrogens is 2. The predicted octanol–water partition coefficient (Wildman–Crippen LogP) is 1.86. The van der Waals surface area contributed by atoms with Crippen molar-refractivity contribution >= 4 is 27.3 Å². The average Bonchev–Trinajstić information content (AvgIpc) is 3.26. The van der Waals surface area contributed by atoms with Crippen LogP contribution in [0.4, 0.5) is 0 Å². The van der Waals surface area contributed by atoms with Gasteiger partial charge in [0.25, 0.3) is 10.0 Å². The number of piperidine rings is 1. The molecule has 3 heterocycles. The zero-order chi connectivity index (χ0) is 18.7. The first-order valence-corrected chi connectivity index (χ1v) is 10.9. The molecule has 0 aliphatic carbocycles. The van der Waals surface area contributed by atoms with E-state index in [1.54, 1.807) is 18.6 Å². The molecule has 1 aliphatic rings. The number of sulfonamides is 1. The third-order valence-corrected chi connectivity index (χ3v) is 7.83. The Balaban J connectivity index is 1.61. The number of imidazole rings is 1. The van der Waals surface area contributed by atoms with Crippen molar-refractivity contribution in [2.45, 2.75) is 43.5 Å². The fraction of sp³-hybridized carbons (Fsp3) is 0.529. The van der Waals surface area contributed by atoms with E-state index in [2.05, 4.69) is 10.3 Å². The van der Waals surface area contributed by atoms with Crippen LogP contribution in [0, 0.1) is 12.8 Å². The Bertz CT molecular complexity index is 845. The number of rotatable bonds is 6. The summed E-state index contributed by atoms with van der Waals surface area (Å²) in [6.07, 6.45) is 6.66. The number of hydrogen-bond acceptors (Lipinski definition) is 5. The monoisotopic (exact) mass is 396 g/mol. The minimum atomic E-state index is -3.52. The van der Waals surface area contributed by atoms with E-state index < -0.39 is 10.0 Å². The maximum atomic E-state index is 12.8. The number of thiophene rings is 1. The topological polar surface area (TPSA) is 84.3 Å². The molecule has 0 radical (unpaired) electrons. The van der Waals surface area contributed by atoms with Crippen LogP contribution in [0.2, 0.25) is 0 Å². The third kappa shape index (κ3) is 4.33. The fourth-order valence-electron chi connectivity index (χ4n) is 3.17. The third-order valence-electron chi connectivity index (χ3n) is 4.50. The van der Waals surface area contributed by atoms with Gasteiger partial charge < -0.3 is 9.88 Å². The van der Waals surface area contributed by atoms with Crippen LogP contribution in [-0.2, 0) is 21.4 Å². The van der Waals surface area contributed by atoms with Crippen molar-refractivity contribution in [3.05, 3.63) is 35.7 Å². The van der Waals surface area contributed by atoms with Crippen LogP contribution in [-0.4, -0.2) is 47.3 Å². The molecule has 1 saturated heterocycles. The van der Waals surface area contributed by atoms with Crippen LogP contribution in [0.15, 0.2) is 35.1 Å². The lowest BCUT2D eigenvalue weighted by molar-refractivity contribution is -0.126. The number of nitrogens with zero attached hydrogens (tertiary/aromatic N) is 3. The quantitative estimate of drug-likeness (QED) is 0.808. The standard InChI is InChI=1S/C17H24N4O3S2/c1-13(10-20-9-7-18-12-20)19-17(22)15-4-3-8-21(11-15)26(23,24)16-6-5-14(2)25-16/h5-7,9,12-13,15H,3-4,8,10-11H2,1-2H3,(H,19,22)/t13-,15+/m0/s1. The van der Waals surface area contributed by atoms with Crippen LogP contribution in [0.25, 0.3) is 0 Å². The van der Waals surface area contributed by atoms with E-state index in [4.69, 9.17) is 0 Å². The molecule has 7 nitrogen and oxygen atoms in total. The molecule has 0 bridgehead atoms. The summed E-state index contributed by atoms with van der Waals surface area (Å²) in [5, 5.41) is 3.00. The van der Waals surface area contributed by atoms with Gasteiger partial charge >= 0.3 is 0 Å². The van der Waals surface area contributed by atoms with Gasteiger partial charge in [-0.2, -0.15) is 4.31 Å². The van der Waals surface area contributed by atoms with E-state index in [1.165, 1.54) is 15.6 Å². The van der Waals surface area contributed by atoms with Crippen molar-refractivity contribution in [2.75, 3.05) is 13.1 Å². The van der Waals surface area contributed by atoms with Crippen LogP contribution in [0.3, 0.4) is 0 Å². The van der Waals surface area contributed by atoms with Gasteiger partial charge in [-0.1, -0.05) is 0 Å². The molecule has 2 aromatic heterocycles. The fourth-order valence-corrected chi connectivity index (χ4v) is 6.13. The van der Waals surface area contributed by atoms with Gasteiger partial charge in [-0.3, -0.25) is 4.79 Å². The largest absolute Gasteiger partial charge is 0.352 e. The summed E-state index contributed by atoms with van der Waals surface area (Å²) in [6, 6.07) is 3.40. The van der Waals surface area contributed by atoms with Crippen molar-refractivity contribution in [1.29, 1.82) is 0 Å². The van der Waals surface area contributed by atoms with Gasteiger partial charge in [0, 0.05) is 42.9 Å². The maximum absolute atomic E-state index is 12.8. The Hall–Kier alpha value is -1.71. The van der Waals surface area contributed by atoms with E-state index in [9.17, 15) is 13.2 Å². The number of amides is 1. The first kappa shape index (κ1) is 19.1. The van der Waals surface area contributed by atoms with Crippen molar-refractivity contribution in [1.82, 2.24) is 19.2 Å². The molecule has 142 valence electrons. The SMILES string of the molecule is Cc1ccc(S(=O)(=O)N2CCC[C@@H](C(=O)N[C@@H](C)Cn3ccnc3)C2)s1. The zero-order valence-electron chi connectivity index (χ0n) is 15.0. The van der Waals surface area contributed by atoms with Crippen LogP contribution in [0.1, 0.15) is 24.6 Å². The molecule has 0 spiro atoms. The second kappa shape index (κ2) is 7.89. The molecule has 2 aromatic rings. The second-order valence-corrected chi connectivity index (χ2v) is 10.2. The van der Waals surface area contributed by atoms with Crippen molar-refractivity contribution in [3.63, 3.8) is 0 Å². The highest BCUT2D eigenvalue weighted by molar-refractivity contribution is 7.91. The van der Waals surface area contributed by atoms with Crippen LogP contribution < -0.4 is 5.32 Å². The summed E-state index contributed by atoms with van der Waals surface area (Å²) in [5.74, 6) is -0.398. The molecule has 1 amide bonds. The Morgan fingerprint density at radius 2 is 2.27 bits per heavy atom. The molecule has 9 heteroatoms. The van der Waals surface area contributed by atoms with Gasteiger partial charge in [-0.05, 0) is 38.8 Å². The normalized spacial score (nSPS) is 20.0. The van der Waals surface area contributed by atoms with Crippen molar-refractivity contribution in [2.24, 2.45) is 5.92 Å². The summed E-state index contributed by atoms with van der Waals surface area (Å²) >= 11 is 1.27. The summed E-state index contributed by atoms with van der Waals surface area (Å²) in [4.78, 5) is 17.5. The Morgan fingerprint density at radius 3 is 2.92 bits per heavy atom. The number of carbonyl (C=O) groups excluding carboxylic acids is 1. The minimum absolute atomic E-state index is 0.0522. The van der Waals surface area contributed by atoms with Gasteiger partial charge in [-0.25, -0.2) is 13.4 Å². The summed E-state index contributed by atoms with van der Waals surface area (Å²) in [6.45, 7) is 5.16. The Morgan fingerprint density at radius 1 is 1.46 bits per heavy atom. The summed E-state index contributed by atoms with van der Waals surface area (Å²) in [7, 11) is -3.52. The van der Waals surface area contributed by atoms with E-state index in [-0.39, 0.29) is 24.4 Å². The molecular formula is C17H24N4O3S2. The van der Waals surface area contributed by atoms with Crippen molar-refractivity contribution < 1.29 is 13.2 Å². The zero-order valence-corrected chi connectivity index (χ0v) is 16.6. The summed E-state index contributed by atoms with van der Waals surface area (Å²) < 4.78 is 29.3. The van der Waals surface area contributed by atoms with E-state index >= 15 is 0 Å². The van der Waals surface area contributed by atoms with Gasteiger partial charge in [0.05, 0.1) is 12.2 Å². The lowest BCUT2D eigenvalue weighted by Gasteiger charge is -2.31. The Labute approximate surface area is 158 Å². The molecule has 0 aromatic carbocycles. The molecular weight excluding hydrogens is 372 g/mol. The molecule has 1 fully saturated rings. The molecule has 2 atom stereocenters. The predicted molar refractivity (Wildman–Crippen MR) is 100 cm³/mol. The molecule has 0 saturated carbocycles. The maximum Gasteiger partial charge on any atom is 0.252 e. The number of aryl methyl sites for hydroxylation is 1. The smallest absolute Gasteiger partial charge is 0.252 e. The number of hydrogen-bond donors (Lipinski definition) is 1. The molecule has 1 N–H and O–H groups in total. The highest BCUT2D eigenvalue weighted by Gasteiger charge is 2.34. The lowest BCUT2D eigenvalue weighted by atomic mass is 9.98. The van der Waals surface area contributed by atoms with Gasteiger partial charge in [0.2, 0.25) is 5.91 Å². The minimum Gasteiger partial charge on any atom is -0.352 e. The molecule has 26 heavy (non-hydrogen) atoms. The Kier molecular flexibility index (Phi) is 5.79. The molecule has 0 unspecified atom stereocenters. The van der Waals surface area contributed by atoms with Gasteiger partial charge in [0.15, 0.2) is 0 Å². The highest BCUT2D eigenvalue weighted by atomic mass is 32.2. The average molecular weight is 397 g/mol. The summed E-state index contributed by atoms with van der Waals surface area (Å²) in [5.41, 5.74) is 0. The first-order valence-electron chi connectivity index (χ1n) is 8.69. The van der Waals surface area contributed by atoms with E-state index in [0.717, 1.165) is 4.88 Å². The van der Waals surface area contributed by atoms with Crippen molar-refractivity contribution in [3.8, 4) is 0 Å². The number of carbonyl (C=O) groups is 1. The first-order chi connectivity index (χ1) is 12.4. The van der Waals surface area contributed by atoms with E-state index in [0.29, 0.717) is 30.1 Å².